The Balaban J connectivity index is 1.84. The van der Waals surface area contributed by atoms with Gasteiger partial charge in [-0.15, -0.1) is 0 Å². The molecule has 2 rings (SSSR count). The van der Waals surface area contributed by atoms with E-state index >= 15 is 0 Å². The minimum absolute atomic E-state index is 0.111. The van der Waals surface area contributed by atoms with Crippen LogP contribution in [0.4, 0.5) is 0 Å². The van der Waals surface area contributed by atoms with Crippen LogP contribution in [0, 0.1) is 5.92 Å². The Hall–Kier alpha value is -0.120. The average Bonchev–Trinajstić information content (AvgIpc) is 2.20. The summed E-state index contributed by atoms with van der Waals surface area (Å²) in [6, 6.07) is 0. The first-order valence-corrected chi connectivity index (χ1v) is 6.70. The molecule has 94 valence electrons. The number of likely N-dealkylation sites (tertiary alicyclic amines) is 1. The predicted octanol–water partition coefficient (Wildman–Crippen LogP) is 1.38. The molecule has 2 N–H and O–H groups in total. The summed E-state index contributed by atoms with van der Waals surface area (Å²) in [5, 5.41) is 20.0. The van der Waals surface area contributed by atoms with Crippen molar-refractivity contribution in [1.82, 2.24) is 4.90 Å². The molecule has 2 fully saturated rings. The molecule has 16 heavy (non-hydrogen) atoms. The summed E-state index contributed by atoms with van der Waals surface area (Å²) < 4.78 is 0. The Bertz CT molecular complexity index is 230. The van der Waals surface area contributed by atoms with E-state index in [1.165, 1.54) is 12.8 Å². The number of hydrogen-bond acceptors (Lipinski definition) is 3. The topological polar surface area (TPSA) is 43.7 Å². The van der Waals surface area contributed by atoms with Crippen LogP contribution in [-0.2, 0) is 0 Å². The number of rotatable bonds is 2. The second-order valence-electron chi connectivity index (χ2n) is 5.95. The Kier molecular flexibility index (Phi) is 3.88. The highest BCUT2D eigenvalue weighted by Gasteiger charge is 2.31. The maximum Gasteiger partial charge on any atom is 0.0746 e. The van der Waals surface area contributed by atoms with Crippen molar-refractivity contribution in [2.24, 2.45) is 5.92 Å². The third-order valence-corrected chi connectivity index (χ3v) is 4.12. The maximum absolute atomic E-state index is 10.0. The molecule has 0 bridgehead atoms. The van der Waals surface area contributed by atoms with Crippen LogP contribution in [-0.4, -0.2) is 46.5 Å². The lowest BCUT2D eigenvalue weighted by atomic mass is 9.85. The van der Waals surface area contributed by atoms with Crippen molar-refractivity contribution in [2.45, 2.75) is 57.2 Å². The van der Waals surface area contributed by atoms with Gasteiger partial charge in [-0.3, -0.25) is 0 Å². The van der Waals surface area contributed by atoms with E-state index in [1.54, 1.807) is 0 Å². The summed E-state index contributed by atoms with van der Waals surface area (Å²) in [7, 11) is 0. The Labute approximate surface area is 98.5 Å². The molecule has 1 aliphatic heterocycles. The van der Waals surface area contributed by atoms with Gasteiger partial charge in [0.05, 0.1) is 11.7 Å². The molecule has 1 heterocycles. The Morgan fingerprint density at radius 2 is 2.00 bits per heavy atom. The number of hydrogen-bond donors (Lipinski definition) is 2. The first-order valence-electron chi connectivity index (χ1n) is 6.70. The van der Waals surface area contributed by atoms with E-state index in [0.717, 1.165) is 45.3 Å². The van der Waals surface area contributed by atoms with Crippen molar-refractivity contribution < 1.29 is 10.2 Å². The van der Waals surface area contributed by atoms with Crippen LogP contribution in [0.5, 0.6) is 0 Å². The minimum Gasteiger partial charge on any atom is -0.393 e. The number of aliphatic hydroxyl groups is 2. The summed E-state index contributed by atoms with van der Waals surface area (Å²) in [5.74, 6) is 0.433. The zero-order valence-corrected chi connectivity index (χ0v) is 10.4. The van der Waals surface area contributed by atoms with E-state index in [0.29, 0.717) is 5.92 Å². The number of aliphatic hydroxyl groups excluding tert-OH is 1. The van der Waals surface area contributed by atoms with Gasteiger partial charge in [0.1, 0.15) is 0 Å². The van der Waals surface area contributed by atoms with Crippen LogP contribution in [0.15, 0.2) is 0 Å². The summed E-state index contributed by atoms with van der Waals surface area (Å²) in [5.41, 5.74) is -0.516. The van der Waals surface area contributed by atoms with Crippen molar-refractivity contribution in [1.29, 1.82) is 0 Å². The summed E-state index contributed by atoms with van der Waals surface area (Å²) in [4.78, 5) is 2.34. The highest BCUT2D eigenvalue weighted by Crippen LogP contribution is 2.27. The van der Waals surface area contributed by atoms with E-state index in [4.69, 9.17) is 0 Å². The van der Waals surface area contributed by atoms with Crippen molar-refractivity contribution in [3.63, 3.8) is 0 Å². The summed E-state index contributed by atoms with van der Waals surface area (Å²) in [6.07, 6.45) is 6.43. The zero-order valence-electron chi connectivity index (χ0n) is 10.4. The largest absolute Gasteiger partial charge is 0.393 e. The second-order valence-corrected chi connectivity index (χ2v) is 5.95. The molecule has 3 atom stereocenters. The fraction of sp³-hybridized carbons (Fsp3) is 1.00. The standard InChI is InChI=1S/C13H25NO2/c1-13(16)7-4-8-14(10-13)9-11-5-2-3-6-12(11)15/h11-12,15-16H,2-10H2,1H3. The zero-order chi connectivity index (χ0) is 11.6. The molecule has 2 aliphatic rings. The fourth-order valence-corrected chi connectivity index (χ4v) is 3.21. The quantitative estimate of drug-likeness (QED) is 0.749. The maximum atomic E-state index is 10.0. The molecule has 0 aromatic rings. The molecule has 1 aliphatic carbocycles. The van der Waals surface area contributed by atoms with Crippen molar-refractivity contribution >= 4 is 0 Å². The molecule has 0 radical (unpaired) electrons. The van der Waals surface area contributed by atoms with Gasteiger partial charge in [-0.25, -0.2) is 0 Å². The molecule has 3 nitrogen and oxygen atoms in total. The molecular formula is C13H25NO2. The highest BCUT2D eigenvalue weighted by atomic mass is 16.3. The summed E-state index contributed by atoms with van der Waals surface area (Å²) >= 11 is 0. The van der Waals surface area contributed by atoms with Gasteiger partial charge in [-0.05, 0) is 45.1 Å². The molecule has 1 saturated carbocycles. The van der Waals surface area contributed by atoms with E-state index in [1.807, 2.05) is 6.92 Å². The molecule has 1 saturated heterocycles. The molecule has 0 spiro atoms. The molecule has 0 aromatic heterocycles. The summed E-state index contributed by atoms with van der Waals surface area (Å²) in [6.45, 7) is 4.75. The lowest BCUT2D eigenvalue weighted by Gasteiger charge is -2.40. The van der Waals surface area contributed by atoms with E-state index in [9.17, 15) is 10.2 Å². The minimum atomic E-state index is -0.516. The first kappa shape index (κ1) is 12.3. The van der Waals surface area contributed by atoms with Crippen LogP contribution in [0.2, 0.25) is 0 Å². The Morgan fingerprint density at radius 1 is 1.25 bits per heavy atom. The van der Waals surface area contributed by atoms with Crippen molar-refractivity contribution in [2.75, 3.05) is 19.6 Å². The lowest BCUT2D eigenvalue weighted by Crippen LogP contribution is -2.49. The van der Waals surface area contributed by atoms with Crippen LogP contribution in [0.25, 0.3) is 0 Å². The number of piperidine rings is 1. The van der Waals surface area contributed by atoms with Gasteiger partial charge in [0.25, 0.3) is 0 Å². The SMILES string of the molecule is CC1(O)CCCN(CC2CCCCC2O)C1. The van der Waals surface area contributed by atoms with E-state index in [-0.39, 0.29) is 6.10 Å². The van der Waals surface area contributed by atoms with Gasteiger partial charge in [0.2, 0.25) is 0 Å². The van der Waals surface area contributed by atoms with Crippen LogP contribution in [0.1, 0.15) is 45.4 Å². The number of nitrogens with zero attached hydrogens (tertiary/aromatic N) is 1. The van der Waals surface area contributed by atoms with E-state index in [2.05, 4.69) is 4.90 Å². The Morgan fingerprint density at radius 3 is 2.69 bits per heavy atom. The van der Waals surface area contributed by atoms with E-state index < -0.39 is 5.60 Å². The van der Waals surface area contributed by atoms with Crippen LogP contribution < -0.4 is 0 Å². The van der Waals surface area contributed by atoms with Crippen LogP contribution >= 0.6 is 0 Å². The molecule has 3 unspecified atom stereocenters. The average molecular weight is 227 g/mol. The van der Waals surface area contributed by atoms with Crippen molar-refractivity contribution in [3.8, 4) is 0 Å². The smallest absolute Gasteiger partial charge is 0.0746 e. The monoisotopic (exact) mass is 227 g/mol. The third kappa shape index (κ3) is 3.19. The van der Waals surface area contributed by atoms with Gasteiger partial charge in [-0.1, -0.05) is 12.8 Å². The molecule has 0 amide bonds. The molecule has 0 aromatic carbocycles. The lowest BCUT2D eigenvalue weighted by molar-refractivity contribution is -0.0330. The first-order chi connectivity index (χ1) is 7.57. The highest BCUT2D eigenvalue weighted by molar-refractivity contribution is 4.85. The van der Waals surface area contributed by atoms with Gasteiger partial charge >= 0.3 is 0 Å². The van der Waals surface area contributed by atoms with Crippen molar-refractivity contribution in [3.05, 3.63) is 0 Å². The van der Waals surface area contributed by atoms with Gasteiger partial charge < -0.3 is 15.1 Å². The van der Waals surface area contributed by atoms with Crippen LogP contribution in [0.3, 0.4) is 0 Å². The number of β-amino-alcohol motifs (C(OH)–C–C–N with tert-alkyl or cyclic N) is 1. The van der Waals surface area contributed by atoms with Gasteiger partial charge in [0, 0.05) is 13.1 Å². The molecule has 3 heteroatoms. The second kappa shape index (κ2) is 5.03. The van der Waals surface area contributed by atoms with Gasteiger partial charge in [-0.2, -0.15) is 0 Å². The normalized spacial score (nSPS) is 42.2. The van der Waals surface area contributed by atoms with Gasteiger partial charge in [0.15, 0.2) is 0 Å². The fourth-order valence-electron chi connectivity index (χ4n) is 3.21. The third-order valence-electron chi connectivity index (χ3n) is 4.12. The molecular weight excluding hydrogens is 202 g/mol. The predicted molar refractivity (Wildman–Crippen MR) is 64.3 cm³/mol.